The molecule has 0 saturated carbocycles. The van der Waals surface area contributed by atoms with Crippen molar-refractivity contribution in [2.45, 2.75) is 25.7 Å². The van der Waals surface area contributed by atoms with Gasteiger partial charge in [0.25, 0.3) is 5.91 Å². The highest BCUT2D eigenvalue weighted by atomic mass is 32.1. The maximum Gasteiger partial charge on any atom is 0.261 e. The van der Waals surface area contributed by atoms with Crippen LogP contribution < -0.4 is 19.5 Å². The third kappa shape index (κ3) is 3.03. The molecular weight excluding hydrogens is 328 g/mol. The van der Waals surface area contributed by atoms with Gasteiger partial charge in [-0.3, -0.25) is 10.1 Å². The highest BCUT2D eigenvalue weighted by molar-refractivity contribution is 7.15. The van der Waals surface area contributed by atoms with Crippen molar-refractivity contribution in [1.82, 2.24) is 4.98 Å². The van der Waals surface area contributed by atoms with Gasteiger partial charge in [0.05, 0.1) is 32.6 Å². The van der Waals surface area contributed by atoms with E-state index in [2.05, 4.69) is 10.3 Å². The summed E-state index contributed by atoms with van der Waals surface area (Å²) in [7, 11) is 4.55. The maximum atomic E-state index is 12.7. The second-order valence-corrected chi connectivity index (χ2v) is 6.52. The summed E-state index contributed by atoms with van der Waals surface area (Å²) in [5.74, 6) is 0.969. The van der Waals surface area contributed by atoms with Crippen LogP contribution in [-0.4, -0.2) is 32.2 Å². The van der Waals surface area contributed by atoms with E-state index < -0.39 is 0 Å². The second kappa shape index (κ2) is 7.09. The van der Waals surface area contributed by atoms with Crippen molar-refractivity contribution in [2.24, 2.45) is 0 Å². The van der Waals surface area contributed by atoms with Crippen LogP contribution in [0.4, 0.5) is 5.13 Å². The molecule has 1 aliphatic rings. The van der Waals surface area contributed by atoms with Gasteiger partial charge in [-0.15, -0.1) is 11.3 Å². The fourth-order valence-electron chi connectivity index (χ4n) is 2.85. The lowest BCUT2D eigenvalue weighted by Crippen LogP contribution is -2.14. The number of anilines is 1. The lowest BCUT2D eigenvalue weighted by molar-refractivity contribution is 0.102. The third-order valence-electron chi connectivity index (χ3n) is 4.01. The highest BCUT2D eigenvalue weighted by Gasteiger charge is 2.22. The Labute approximate surface area is 144 Å². The maximum absolute atomic E-state index is 12.7. The molecule has 1 aromatic carbocycles. The van der Waals surface area contributed by atoms with E-state index in [4.69, 9.17) is 14.2 Å². The zero-order valence-electron chi connectivity index (χ0n) is 14.0. The lowest BCUT2D eigenvalue weighted by Gasteiger charge is -2.15. The third-order valence-corrected chi connectivity index (χ3v) is 5.09. The first-order valence-corrected chi connectivity index (χ1v) is 8.58. The summed E-state index contributed by atoms with van der Waals surface area (Å²) in [6, 6.07) is 3.34. The number of rotatable bonds is 5. The monoisotopic (exact) mass is 348 g/mol. The predicted octanol–water partition coefficient (Wildman–Crippen LogP) is 3.30. The van der Waals surface area contributed by atoms with Gasteiger partial charge in [0.15, 0.2) is 16.6 Å². The van der Waals surface area contributed by atoms with Crippen molar-refractivity contribution in [2.75, 3.05) is 26.6 Å². The second-order valence-electron chi connectivity index (χ2n) is 5.43. The van der Waals surface area contributed by atoms with Crippen LogP contribution in [0.2, 0.25) is 0 Å². The first-order valence-electron chi connectivity index (χ1n) is 7.76. The summed E-state index contributed by atoms with van der Waals surface area (Å²) in [4.78, 5) is 18.5. The zero-order valence-corrected chi connectivity index (χ0v) is 14.8. The molecule has 1 aromatic heterocycles. The van der Waals surface area contributed by atoms with Crippen LogP contribution in [0.5, 0.6) is 17.2 Å². The van der Waals surface area contributed by atoms with E-state index in [-0.39, 0.29) is 5.91 Å². The van der Waals surface area contributed by atoms with Crippen LogP contribution >= 0.6 is 11.3 Å². The minimum atomic E-state index is -0.279. The first-order chi connectivity index (χ1) is 11.7. The van der Waals surface area contributed by atoms with Crippen LogP contribution in [0.1, 0.15) is 33.8 Å². The standard InChI is InChI=1S/C17H20N2O4S/c1-21-12-9-8-10(14(22-2)15(12)23-3)16(20)19-17-18-11-6-4-5-7-13(11)24-17/h8-9H,4-7H2,1-3H3,(H,18,19,20). The number of hydrogen-bond donors (Lipinski definition) is 1. The molecule has 24 heavy (non-hydrogen) atoms. The SMILES string of the molecule is COc1ccc(C(=O)Nc2nc3c(s2)CCCC3)c(OC)c1OC. The molecule has 1 aliphatic carbocycles. The topological polar surface area (TPSA) is 69.7 Å². The number of hydrogen-bond acceptors (Lipinski definition) is 6. The Morgan fingerprint density at radius 1 is 1.08 bits per heavy atom. The molecule has 1 amide bonds. The Kier molecular flexibility index (Phi) is 4.89. The van der Waals surface area contributed by atoms with E-state index in [0.29, 0.717) is 27.9 Å². The van der Waals surface area contributed by atoms with E-state index in [1.807, 2.05) is 0 Å². The van der Waals surface area contributed by atoms with Crippen LogP contribution in [-0.2, 0) is 12.8 Å². The number of aryl methyl sites for hydroxylation is 2. The molecule has 0 bridgehead atoms. The number of ether oxygens (including phenoxy) is 3. The Bertz CT molecular complexity index is 734. The normalized spacial score (nSPS) is 13.1. The van der Waals surface area contributed by atoms with Gasteiger partial charge in [-0.2, -0.15) is 0 Å². The predicted molar refractivity (Wildman–Crippen MR) is 92.8 cm³/mol. The number of methoxy groups -OCH3 is 3. The molecule has 1 heterocycles. The van der Waals surface area contributed by atoms with Crippen LogP contribution in [0.3, 0.4) is 0 Å². The molecule has 0 saturated heterocycles. The summed E-state index contributed by atoms with van der Waals surface area (Å²) in [5, 5.41) is 3.50. The zero-order chi connectivity index (χ0) is 17.1. The Balaban J connectivity index is 1.88. The summed E-state index contributed by atoms with van der Waals surface area (Å²) in [5.41, 5.74) is 1.49. The molecule has 7 heteroatoms. The number of nitrogens with zero attached hydrogens (tertiary/aromatic N) is 1. The molecular formula is C17H20N2O4S. The van der Waals surface area contributed by atoms with E-state index in [0.717, 1.165) is 25.0 Å². The van der Waals surface area contributed by atoms with Crippen molar-refractivity contribution >= 4 is 22.4 Å². The smallest absolute Gasteiger partial charge is 0.261 e. The van der Waals surface area contributed by atoms with Gasteiger partial charge in [0.1, 0.15) is 0 Å². The number of carbonyl (C=O) groups is 1. The molecule has 0 atom stereocenters. The molecule has 2 aromatic rings. The molecule has 0 fully saturated rings. The highest BCUT2D eigenvalue weighted by Crippen LogP contribution is 2.40. The Morgan fingerprint density at radius 2 is 1.83 bits per heavy atom. The summed E-state index contributed by atoms with van der Waals surface area (Å²) in [6.45, 7) is 0. The van der Waals surface area contributed by atoms with E-state index in [9.17, 15) is 4.79 Å². The quantitative estimate of drug-likeness (QED) is 0.898. The van der Waals surface area contributed by atoms with E-state index in [1.165, 1.54) is 32.6 Å². The van der Waals surface area contributed by atoms with Gasteiger partial charge < -0.3 is 14.2 Å². The number of aromatic nitrogens is 1. The lowest BCUT2D eigenvalue weighted by atomic mass is 10.0. The largest absolute Gasteiger partial charge is 0.493 e. The number of benzene rings is 1. The number of fused-ring (bicyclic) bond motifs is 1. The minimum absolute atomic E-state index is 0.279. The van der Waals surface area contributed by atoms with Gasteiger partial charge in [0, 0.05) is 4.88 Å². The van der Waals surface area contributed by atoms with Crippen LogP contribution in [0.25, 0.3) is 0 Å². The number of thiazole rings is 1. The molecule has 3 rings (SSSR count). The van der Waals surface area contributed by atoms with E-state index in [1.54, 1.807) is 23.5 Å². The van der Waals surface area contributed by atoms with Gasteiger partial charge in [0.2, 0.25) is 5.75 Å². The Morgan fingerprint density at radius 3 is 2.50 bits per heavy atom. The van der Waals surface area contributed by atoms with Gasteiger partial charge in [-0.05, 0) is 37.8 Å². The average molecular weight is 348 g/mol. The molecule has 6 nitrogen and oxygen atoms in total. The van der Waals surface area contributed by atoms with Crippen molar-refractivity contribution in [3.8, 4) is 17.2 Å². The molecule has 0 radical (unpaired) electrons. The van der Waals surface area contributed by atoms with Gasteiger partial charge in [-0.1, -0.05) is 0 Å². The van der Waals surface area contributed by atoms with Crippen molar-refractivity contribution in [3.05, 3.63) is 28.3 Å². The van der Waals surface area contributed by atoms with Crippen LogP contribution in [0, 0.1) is 0 Å². The summed E-state index contributed by atoms with van der Waals surface area (Å²) >= 11 is 1.55. The fourth-order valence-corrected chi connectivity index (χ4v) is 3.89. The number of carbonyl (C=O) groups excluding carboxylic acids is 1. The molecule has 0 aliphatic heterocycles. The average Bonchev–Trinajstić information content (AvgIpc) is 3.02. The number of amides is 1. The summed E-state index contributed by atoms with van der Waals surface area (Å²) < 4.78 is 15.9. The molecule has 128 valence electrons. The molecule has 0 unspecified atom stereocenters. The fraction of sp³-hybridized carbons (Fsp3) is 0.412. The van der Waals surface area contributed by atoms with Gasteiger partial charge >= 0.3 is 0 Å². The number of nitrogens with one attached hydrogen (secondary N) is 1. The van der Waals surface area contributed by atoms with Crippen LogP contribution in [0.15, 0.2) is 12.1 Å². The first kappa shape index (κ1) is 16.6. The minimum Gasteiger partial charge on any atom is -0.493 e. The van der Waals surface area contributed by atoms with E-state index >= 15 is 0 Å². The van der Waals surface area contributed by atoms with Crippen molar-refractivity contribution in [1.29, 1.82) is 0 Å². The Hall–Kier alpha value is -2.28. The van der Waals surface area contributed by atoms with Crippen molar-refractivity contribution < 1.29 is 19.0 Å². The molecule has 1 N–H and O–H groups in total. The van der Waals surface area contributed by atoms with Gasteiger partial charge in [-0.25, -0.2) is 4.98 Å². The van der Waals surface area contributed by atoms with Crippen molar-refractivity contribution in [3.63, 3.8) is 0 Å². The summed E-state index contributed by atoms with van der Waals surface area (Å²) in [6.07, 6.45) is 4.38. The molecule has 0 spiro atoms.